The Morgan fingerprint density at radius 2 is 1.58 bits per heavy atom. The lowest BCUT2D eigenvalue weighted by Crippen LogP contribution is -2.05. The van der Waals surface area contributed by atoms with Gasteiger partial charge in [0.2, 0.25) is 0 Å². The molecule has 24 heavy (non-hydrogen) atoms. The maximum atomic E-state index is 6.61. The summed E-state index contributed by atoms with van der Waals surface area (Å²) < 4.78 is 0. The molecule has 1 aromatic rings. The number of nitrogens with one attached hydrogen (secondary N) is 2. The van der Waals surface area contributed by atoms with E-state index in [0.29, 0.717) is 0 Å². The zero-order valence-electron chi connectivity index (χ0n) is 16.2. The van der Waals surface area contributed by atoms with Crippen molar-refractivity contribution in [2.45, 2.75) is 41.5 Å². The lowest BCUT2D eigenvalue weighted by Gasteiger charge is -1.94. The summed E-state index contributed by atoms with van der Waals surface area (Å²) in [6.45, 7) is 13.0. The van der Waals surface area contributed by atoms with Crippen LogP contribution in [0, 0.1) is 5.41 Å². The first-order chi connectivity index (χ1) is 11.8. The van der Waals surface area contributed by atoms with Crippen LogP contribution in [0.25, 0.3) is 0 Å². The van der Waals surface area contributed by atoms with Gasteiger partial charge in [0.05, 0.1) is 0 Å². The van der Waals surface area contributed by atoms with E-state index < -0.39 is 0 Å². The maximum absolute atomic E-state index is 6.61. The summed E-state index contributed by atoms with van der Waals surface area (Å²) >= 11 is 0. The molecule has 3 nitrogen and oxygen atoms in total. The van der Waals surface area contributed by atoms with Gasteiger partial charge in [-0.1, -0.05) is 63.6 Å². The van der Waals surface area contributed by atoms with Crippen molar-refractivity contribution in [3.8, 4) is 0 Å². The van der Waals surface area contributed by atoms with Crippen molar-refractivity contribution in [1.29, 1.82) is 5.41 Å². The van der Waals surface area contributed by atoms with Crippen molar-refractivity contribution in [1.82, 2.24) is 10.3 Å². The third-order valence-electron chi connectivity index (χ3n) is 1.90. The lowest BCUT2D eigenvalue weighted by molar-refractivity contribution is 0.972. The van der Waals surface area contributed by atoms with Crippen LogP contribution in [0.2, 0.25) is 0 Å². The minimum atomic E-state index is 0.983. The van der Waals surface area contributed by atoms with Gasteiger partial charge in [-0.05, 0) is 44.3 Å². The first-order valence-corrected chi connectivity index (χ1v) is 8.48. The normalized spacial score (nSPS) is 9.92. The average Bonchev–Trinajstić information content (AvgIpc) is 2.69. The van der Waals surface area contributed by atoms with Crippen LogP contribution in [0.5, 0.6) is 0 Å². The van der Waals surface area contributed by atoms with E-state index in [-0.39, 0.29) is 0 Å². The smallest absolute Gasteiger partial charge is 0.0328 e. The van der Waals surface area contributed by atoms with Crippen molar-refractivity contribution in [3.63, 3.8) is 0 Å². The maximum Gasteiger partial charge on any atom is 0.0328 e. The Morgan fingerprint density at radius 1 is 0.958 bits per heavy atom. The molecule has 0 radical (unpaired) electrons. The molecule has 134 valence electrons. The topological polar surface area (TPSA) is 48.8 Å². The third kappa shape index (κ3) is 31.8. The molecule has 1 aliphatic heterocycles. The number of nitrogens with zero attached hydrogens (tertiary/aromatic N) is 1. The quantitative estimate of drug-likeness (QED) is 0.520. The number of allylic oxidation sites excluding steroid dienone is 6. The molecule has 2 heterocycles. The van der Waals surface area contributed by atoms with Crippen LogP contribution in [-0.4, -0.2) is 17.7 Å². The van der Waals surface area contributed by atoms with Crippen LogP contribution in [0.1, 0.15) is 41.5 Å². The molecule has 0 fully saturated rings. The van der Waals surface area contributed by atoms with E-state index in [1.165, 1.54) is 11.8 Å². The van der Waals surface area contributed by atoms with Crippen molar-refractivity contribution in [3.05, 3.63) is 78.8 Å². The predicted octanol–water partition coefficient (Wildman–Crippen LogP) is 5.95. The van der Waals surface area contributed by atoms with Crippen LogP contribution in [-0.2, 0) is 0 Å². The molecule has 0 bridgehead atoms. The second-order valence-corrected chi connectivity index (χ2v) is 4.02. The van der Waals surface area contributed by atoms with E-state index in [4.69, 9.17) is 5.41 Å². The van der Waals surface area contributed by atoms with Gasteiger partial charge in [0.25, 0.3) is 0 Å². The van der Waals surface area contributed by atoms with E-state index >= 15 is 0 Å². The minimum Gasteiger partial charge on any atom is -0.387 e. The minimum absolute atomic E-state index is 0.983. The molecule has 3 heteroatoms. The van der Waals surface area contributed by atoms with Gasteiger partial charge in [0.1, 0.15) is 0 Å². The average molecular weight is 330 g/mol. The predicted molar refractivity (Wildman–Crippen MR) is 111 cm³/mol. The van der Waals surface area contributed by atoms with E-state index in [1.807, 2.05) is 90.2 Å². The zero-order chi connectivity index (χ0) is 18.9. The molecule has 0 unspecified atom stereocenters. The molecule has 0 amide bonds. The Morgan fingerprint density at radius 3 is 1.79 bits per heavy atom. The van der Waals surface area contributed by atoms with Gasteiger partial charge in [-0.15, -0.1) is 0 Å². The van der Waals surface area contributed by atoms with Gasteiger partial charge in [-0.2, -0.15) is 0 Å². The van der Waals surface area contributed by atoms with Crippen molar-refractivity contribution in [2.75, 3.05) is 6.54 Å². The summed E-state index contributed by atoms with van der Waals surface area (Å²) in [7, 11) is 0. The molecular formula is C21H35N3. The summed E-state index contributed by atoms with van der Waals surface area (Å²) in [6, 6.07) is 5.72. The molecule has 0 aliphatic carbocycles. The fourth-order valence-electron chi connectivity index (χ4n) is 1.02. The molecule has 0 spiro atoms. The highest BCUT2D eigenvalue weighted by atomic mass is 14.8. The van der Waals surface area contributed by atoms with Gasteiger partial charge in [-0.25, -0.2) is 0 Å². The van der Waals surface area contributed by atoms with Gasteiger partial charge in [0, 0.05) is 25.2 Å². The van der Waals surface area contributed by atoms with Crippen LogP contribution in [0.4, 0.5) is 0 Å². The SMILES string of the molecule is C1=CCNC=C1.CC.CC.CC(C)=C/C=C\C=N.c1ccncc1. The highest BCUT2D eigenvalue weighted by Crippen LogP contribution is 1.87. The fraction of sp³-hybridized carbons (Fsp3) is 0.333. The lowest BCUT2D eigenvalue weighted by atomic mass is 10.3. The Labute approximate surface area is 149 Å². The fourth-order valence-corrected chi connectivity index (χ4v) is 1.02. The zero-order valence-corrected chi connectivity index (χ0v) is 16.2. The molecule has 2 rings (SSSR count). The van der Waals surface area contributed by atoms with E-state index in [2.05, 4.69) is 16.4 Å². The number of rotatable bonds is 2. The van der Waals surface area contributed by atoms with Crippen molar-refractivity contribution < 1.29 is 0 Å². The van der Waals surface area contributed by atoms with Crippen LogP contribution < -0.4 is 5.32 Å². The van der Waals surface area contributed by atoms with Crippen LogP contribution in [0.3, 0.4) is 0 Å². The number of pyridine rings is 1. The Kier molecular flexibility index (Phi) is 31.7. The number of aromatic nitrogens is 1. The highest BCUT2D eigenvalue weighted by Gasteiger charge is 1.73. The second-order valence-electron chi connectivity index (χ2n) is 4.02. The monoisotopic (exact) mass is 329 g/mol. The Bertz CT molecular complexity index is 401. The van der Waals surface area contributed by atoms with Crippen LogP contribution >= 0.6 is 0 Å². The van der Waals surface area contributed by atoms with E-state index in [9.17, 15) is 0 Å². The van der Waals surface area contributed by atoms with Gasteiger partial charge < -0.3 is 10.7 Å². The number of dihydropyridines is 1. The highest BCUT2D eigenvalue weighted by molar-refractivity contribution is 5.68. The first-order valence-electron chi connectivity index (χ1n) is 8.48. The summed E-state index contributed by atoms with van der Waals surface area (Å²) in [5, 5.41) is 9.62. The molecule has 0 saturated heterocycles. The molecular weight excluding hydrogens is 294 g/mol. The molecule has 1 aliphatic rings. The Balaban J connectivity index is -0.000000251. The van der Waals surface area contributed by atoms with Gasteiger partial charge in [-0.3, -0.25) is 4.98 Å². The standard InChI is InChI=1S/C7H11N.C5H7N.C5H5N.2C2H6/c1-7(2)5-3-4-6-8;2*1-2-4-6-5-3-1;2*1-2/h3-6,8H,1-2H3;1-4,6H,5H2;1-5H;2*1-2H3/b4-3-,8-6?;;;;. The first kappa shape index (κ1) is 26.5. The van der Waals surface area contributed by atoms with Gasteiger partial charge in [0.15, 0.2) is 0 Å². The second kappa shape index (κ2) is 28.7. The van der Waals surface area contributed by atoms with Crippen molar-refractivity contribution >= 4 is 6.21 Å². The molecule has 2 N–H and O–H groups in total. The largest absolute Gasteiger partial charge is 0.387 e. The Hall–Kier alpha value is -2.42. The number of hydrogen-bond donors (Lipinski definition) is 2. The molecule has 1 aromatic heterocycles. The summed E-state index contributed by atoms with van der Waals surface area (Å²) in [5.41, 5.74) is 1.25. The molecule has 0 atom stereocenters. The number of hydrogen-bond acceptors (Lipinski definition) is 3. The van der Waals surface area contributed by atoms with E-state index in [1.54, 1.807) is 18.5 Å². The molecule has 0 saturated carbocycles. The summed E-state index contributed by atoms with van der Waals surface area (Å²) in [4.78, 5) is 3.78. The van der Waals surface area contributed by atoms with Gasteiger partial charge >= 0.3 is 0 Å². The van der Waals surface area contributed by atoms with Crippen molar-refractivity contribution in [2.24, 2.45) is 0 Å². The summed E-state index contributed by atoms with van der Waals surface area (Å²) in [5.74, 6) is 0. The molecule has 0 aromatic carbocycles. The third-order valence-corrected chi connectivity index (χ3v) is 1.90. The summed E-state index contributed by atoms with van der Waals surface area (Å²) in [6.07, 6.45) is 18.3. The van der Waals surface area contributed by atoms with Crippen LogP contribution in [0.15, 0.2) is 78.8 Å². The van der Waals surface area contributed by atoms with E-state index in [0.717, 1.165) is 6.54 Å².